The van der Waals surface area contributed by atoms with Gasteiger partial charge in [-0.1, -0.05) is 58.4 Å². The third kappa shape index (κ3) is 5.44. The maximum absolute atomic E-state index is 12.8. The average Bonchev–Trinajstić information content (AvgIpc) is 2.70. The van der Waals surface area contributed by atoms with Crippen LogP contribution in [0.1, 0.15) is 35.3 Å². The molecular formula is C23H22BrNO2. The number of hydrogen-bond donors (Lipinski definition) is 1. The van der Waals surface area contributed by atoms with E-state index in [2.05, 4.69) is 21.2 Å². The largest absolute Gasteiger partial charge is 0.494 e. The zero-order valence-corrected chi connectivity index (χ0v) is 16.8. The Morgan fingerprint density at radius 2 is 1.63 bits per heavy atom. The predicted molar refractivity (Wildman–Crippen MR) is 114 cm³/mol. The van der Waals surface area contributed by atoms with E-state index >= 15 is 0 Å². The lowest BCUT2D eigenvalue weighted by Crippen LogP contribution is -2.15. The highest BCUT2D eigenvalue weighted by Gasteiger charge is 2.17. The Kier molecular flexibility index (Phi) is 6.66. The topological polar surface area (TPSA) is 38.3 Å². The Balaban J connectivity index is 1.81. The van der Waals surface area contributed by atoms with Gasteiger partial charge in [0.2, 0.25) is 0 Å². The molecule has 0 unspecified atom stereocenters. The van der Waals surface area contributed by atoms with E-state index in [9.17, 15) is 4.79 Å². The zero-order chi connectivity index (χ0) is 19.1. The third-order valence-electron chi connectivity index (χ3n) is 4.26. The molecule has 4 heteroatoms. The second-order valence-corrected chi connectivity index (χ2v) is 7.11. The summed E-state index contributed by atoms with van der Waals surface area (Å²) in [6.45, 7) is 2.60. The first kappa shape index (κ1) is 19.2. The van der Waals surface area contributed by atoms with Crippen molar-refractivity contribution in [1.29, 1.82) is 0 Å². The van der Waals surface area contributed by atoms with Gasteiger partial charge in [-0.15, -0.1) is 0 Å². The molecular weight excluding hydrogens is 402 g/mol. The van der Waals surface area contributed by atoms with Crippen molar-refractivity contribution >= 4 is 27.4 Å². The molecule has 0 radical (unpaired) electrons. The van der Waals surface area contributed by atoms with Crippen molar-refractivity contribution in [3.63, 3.8) is 0 Å². The van der Waals surface area contributed by atoms with Crippen LogP contribution in [0.2, 0.25) is 0 Å². The summed E-state index contributed by atoms with van der Waals surface area (Å²) in [5.41, 5.74) is 2.75. The Labute approximate surface area is 168 Å². The fourth-order valence-electron chi connectivity index (χ4n) is 2.89. The number of Topliss-reactive ketones (excluding diaryl/α,β-unsaturated/α-hetero) is 1. The minimum Gasteiger partial charge on any atom is -0.494 e. The minimum atomic E-state index is -0.122. The number of nitrogens with one attached hydrogen (secondary N) is 1. The summed E-state index contributed by atoms with van der Waals surface area (Å²) in [4.78, 5) is 12.8. The van der Waals surface area contributed by atoms with Crippen molar-refractivity contribution < 1.29 is 9.53 Å². The Morgan fingerprint density at radius 3 is 2.26 bits per heavy atom. The number of ketones is 1. The summed E-state index contributed by atoms with van der Waals surface area (Å²) >= 11 is 3.47. The van der Waals surface area contributed by atoms with E-state index < -0.39 is 0 Å². The first-order valence-corrected chi connectivity index (χ1v) is 9.78. The molecule has 3 aromatic carbocycles. The van der Waals surface area contributed by atoms with Crippen LogP contribution in [0.4, 0.5) is 5.69 Å². The molecule has 0 saturated carbocycles. The van der Waals surface area contributed by atoms with Gasteiger partial charge >= 0.3 is 0 Å². The number of ether oxygens (including phenoxy) is 1. The molecule has 0 aliphatic rings. The van der Waals surface area contributed by atoms with E-state index in [1.54, 1.807) is 0 Å². The van der Waals surface area contributed by atoms with Crippen LogP contribution in [0.25, 0.3) is 0 Å². The molecule has 3 aromatic rings. The van der Waals surface area contributed by atoms with Crippen molar-refractivity contribution in [3.05, 3.63) is 94.5 Å². The van der Waals surface area contributed by atoms with Crippen LogP contribution in [0, 0.1) is 0 Å². The quantitative estimate of drug-likeness (QED) is 0.433. The van der Waals surface area contributed by atoms with Crippen molar-refractivity contribution in [2.75, 3.05) is 11.9 Å². The Hall–Kier alpha value is -2.59. The summed E-state index contributed by atoms with van der Waals surface area (Å²) < 4.78 is 6.51. The summed E-state index contributed by atoms with van der Waals surface area (Å²) in [6.07, 6.45) is 0.374. The van der Waals surface area contributed by atoms with E-state index in [4.69, 9.17) is 4.74 Å². The molecule has 0 fully saturated rings. The lowest BCUT2D eigenvalue weighted by Gasteiger charge is -2.20. The highest BCUT2D eigenvalue weighted by atomic mass is 79.9. The second kappa shape index (κ2) is 9.38. The molecule has 0 amide bonds. The number of benzene rings is 3. The SMILES string of the molecule is CCOc1ccc(N[C@H](CC(=O)c2ccccc2)c2ccc(Br)cc2)cc1. The van der Waals surface area contributed by atoms with Crippen LogP contribution in [-0.2, 0) is 0 Å². The lowest BCUT2D eigenvalue weighted by molar-refractivity contribution is 0.0976. The smallest absolute Gasteiger partial charge is 0.165 e. The van der Waals surface area contributed by atoms with Gasteiger partial charge in [0.1, 0.15) is 5.75 Å². The number of carbonyl (C=O) groups excluding carboxylic acids is 1. The van der Waals surface area contributed by atoms with E-state index in [1.165, 1.54) is 0 Å². The molecule has 0 bridgehead atoms. The molecule has 0 spiro atoms. The Bertz CT molecular complexity index is 861. The predicted octanol–water partition coefficient (Wildman–Crippen LogP) is 6.27. The fourth-order valence-corrected chi connectivity index (χ4v) is 3.15. The van der Waals surface area contributed by atoms with E-state index in [1.807, 2.05) is 85.8 Å². The summed E-state index contributed by atoms with van der Waals surface area (Å²) in [5, 5.41) is 3.49. The van der Waals surface area contributed by atoms with Gasteiger partial charge in [-0.3, -0.25) is 4.79 Å². The standard InChI is InChI=1S/C23H22BrNO2/c1-2-27-21-14-12-20(13-15-21)25-22(17-8-10-19(24)11-9-17)16-23(26)18-6-4-3-5-7-18/h3-15,22,25H,2,16H2,1H3/t22-/m1/s1. The molecule has 0 aromatic heterocycles. The molecule has 1 N–H and O–H groups in total. The number of rotatable bonds is 8. The average molecular weight is 424 g/mol. The number of anilines is 1. The fraction of sp³-hybridized carbons (Fsp3) is 0.174. The third-order valence-corrected chi connectivity index (χ3v) is 4.79. The van der Waals surface area contributed by atoms with Gasteiger partial charge in [0, 0.05) is 22.1 Å². The highest BCUT2D eigenvalue weighted by Crippen LogP contribution is 2.27. The molecule has 3 rings (SSSR count). The molecule has 0 aliphatic heterocycles. The minimum absolute atomic E-state index is 0.113. The first-order valence-electron chi connectivity index (χ1n) is 8.99. The van der Waals surface area contributed by atoms with Crippen molar-refractivity contribution in [2.24, 2.45) is 0 Å². The van der Waals surface area contributed by atoms with Gasteiger partial charge in [-0.05, 0) is 48.9 Å². The summed E-state index contributed by atoms with van der Waals surface area (Å²) in [5.74, 6) is 0.950. The summed E-state index contributed by atoms with van der Waals surface area (Å²) in [6, 6.07) is 25.2. The molecule has 0 saturated heterocycles. The molecule has 1 atom stereocenters. The molecule has 3 nitrogen and oxygen atoms in total. The highest BCUT2D eigenvalue weighted by molar-refractivity contribution is 9.10. The maximum atomic E-state index is 12.8. The van der Waals surface area contributed by atoms with Gasteiger partial charge in [0.15, 0.2) is 5.78 Å². The molecule has 27 heavy (non-hydrogen) atoms. The van der Waals surface area contributed by atoms with Crippen molar-refractivity contribution in [1.82, 2.24) is 0 Å². The van der Waals surface area contributed by atoms with Gasteiger partial charge in [-0.2, -0.15) is 0 Å². The monoisotopic (exact) mass is 423 g/mol. The normalized spacial score (nSPS) is 11.6. The van der Waals surface area contributed by atoms with Gasteiger partial charge < -0.3 is 10.1 Å². The number of carbonyl (C=O) groups is 1. The van der Waals surface area contributed by atoms with Crippen molar-refractivity contribution in [2.45, 2.75) is 19.4 Å². The maximum Gasteiger partial charge on any atom is 0.165 e. The van der Waals surface area contributed by atoms with Crippen LogP contribution in [0.3, 0.4) is 0 Å². The zero-order valence-electron chi connectivity index (χ0n) is 15.2. The van der Waals surface area contributed by atoms with Crippen LogP contribution in [-0.4, -0.2) is 12.4 Å². The van der Waals surface area contributed by atoms with E-state index in [0.29, 0.717) is 13.0 Å². The molecule has 0 aliphatic carbocycles. The van der Waals surface area contributed by atoms with Crippen LogP contribution in [0.5, 0.6) is 5.75 Å². The van der Waals surface area contributed by atoms with Gasteiger partial charge in [-0.25, -0.2) is 0 Å². The van der Waals surface area contributed by atoms with Crippen molar-refractivity contribution in [3.8, 4) is 5.75 Å². The van der Waals surface area contributed by atoms with Crippen LogP contribution < -0.4 is 10.1 Å². The van der Waals surface area contributed by atoms with E-state index in [0.717, 1.165) is 27.0 Å². The van der Waals surface area contributed by atoms with E-state index in [-0.39, 0.29) is 11.8 Å². The van der Waals surface area contributed by atoms with Crippen LogP contribution in [0.15, 0.2) is 83.3 Å². The lowest BCUT2D eigenvalue weighted by atomic mass is 9.97. The number of hydrogen-bond acceptors (Lipinski definition) is 3. The second-order valence-electron chi connectivity index (χ2n) is 6.20. The molecule has 138 valence electrons. The first-order chi connectivity index (χ1) is 13.2. The van der Waals surface area contributed by atoms with Gasteiger partial charge in [0.25, 0.3) is 0 Å². The van der Waals surface area contributed by atoms with Gasteiger partial charge in [0.05, 0.1) is 12.6 Å². The summed E-state index contributed by atoms with van der Waals surface area (Å²) in [7, 11) is 0. The van der Waals surface area contributed by atoms with Crippen LogP contribution >= 0.6 is 15.9 Å². The number of halogens is 1. The molecule has 0 heterocycles. The Morgan fingerprint density at radius 1 is 0.963 bits per heavy atom.